The zero-order valence-electron chi connectivity index (χ0n) is 10.4. The summed E-state index contributed by atoms with van der Waals surface area (Å²) in [5.41, 5.74) is 0.127. The summed E-state index contributed by atoms with van der Waals surface area (Å²) >= 11 is 3.32. The lowest BCUT2D eigenvalue weighted by atomic mass is 9.98. The maximum atomic E-state index is 4.45. The zero-order valence-corrected chi connectivity index (χ0v) is 12.1. The molecule has 0 aromatic carbocycles. The van der Waals surface area contributed by atoms with Crippen LogP contribution in [0.1, 0.15) is 35.7 Å². The molecule has 2 heterocycles. The Bertz CT molecular complexity index is 496. The number of rotatable bonds is 3. The van der Waals surface area contributed by atoms with Crippen LogP contribution in [0.5, 0.6) is 0 Å². The number of anilines is 1. The first-order valence-electron chi connectivity index (χ1n) is 5.44. The van der Waals surface area contributed by atoms with Gasteiger partial charge in [0.1, 0.15) is 5.01 Å². The van der Waals surface area contributed by atoms with E-state index in [1.165, 1.54) is 9.88 Å². The van der Waals surface area contributed by atoms with Crippen molar-refractivity contribution in [3.8, 4) is 0 Å². The van der Waals surface area contributed by atoms with E-state index in [2.05, 4.69) is 41.3 Å². The molecule has 0 amide bonds. The summed E-state index contributed by atoms with van der Waals surface area (Å²) in [7, 11) is 0. The number of aromatic nitrogens is 3. The van der Waals surface area contributed by atoms with Crippen molar-refractivity contribution in [3.63, 3.8) is 0 Å². The normalized spacial score (nSPS) is 11.8. The third-order valence-electron chi connectivity index (χ3n) is 2.14. The highest BCUT2D eigenvalue weighted by Crippen LogP contribution is 2.27. The Balaban J connectivity index is 1.98. The molecular weight excluding hydrogens is 252 g/mol. The molecule has 6 heteroatoms. The van der Waals surface area contributed by atoms with E-state index >= 15 is 0 Å². The molecule has 1 N–H and O–H groups in total. The van der Waals surface area contributed by atoms with Crippen LogP contribution in [-0.2, 0) is 12.0 Å². The molecular formula is C11H16N4S2. The molecule has 0 radical (unpaired) electrons. The number of hydrogen-bond acceptors (Lipinski definition) is 6. The first kappa shape index (κ1) is 12.4. The lowest BCUT2D eigenvalue weighted by Crippen LogP contribution is -2.09. The van der Waals surface area contributed by atoms with Gasteiger partial charge in [-0.15, -0.1) is 21.5 Å². The Labute approximate surface area is 109 Å². The second-order valence-corrected chi connectivity index (χ2v) is 7.16. The number of aryl methyl sites for hydroxylation is 1. The fourth-order valence-corrected chi connectivity index (χ4v) is 2.76. The topological polar surface area (TPSA) is 50.7 Å². The molecule has 92 valence electrons. The maximum absolute atomic E-state index is 4.45. The summed E-state index contributed by atoms with van der Waals surface area (Å²) in [6.07, 6.45) is 1.94. The van der Waals surface area contributed by atoms with Gasteiger partial charge in [-0.05, 0) is 6.92 Å². The quantitative estimate of drug-likeness (QED) is 0.928. The van der Waals surface area contributed by atoms with E-state index in [1.807, 2.05) is 13.1 Å². The van der Waals surface area contributed by atoms with Gasteiger partial charge in [-0.2, -0.15) is 0 Å². The lowest BCUT2D eigenvalue weighted by molar-refractivity contribution is 0.585. The second-order valence-electron chi connectivity index (χ2n) is 4.86. The van der Waals surface area contributed by atoms with Crippen LogP contribution >= 0.6 is 22.7 Å². The van der Waals surface area contributed by atoms with Gasteiger partial charge in [-0.3, -0.25) is 0 Å². The minimum Gasteiger partial charge on any atom is -0.355 e. The highest BCUT2D eigenvalue weighted by molar-refractivity contribution is 7.15. The Morgan fingerprint density at radius 1 is 1.24 bits per heavy atom. The molecule has 0 aliphatic carbocycles. The highest BCUT2D eigenvalue weighted by atomic mass is 32.1. The summed E-state index contributed by atoms with van der Waals surface area (Å²) in [6, 6.07) is 0. The van der Waals surface area contributed by atoms with E-state index in [1.54, 1.807) is 22.7 Å². The van der Waals surface area contributed by atoms with Crippen LogP contribution in [0.15, 0.2) is 6.20 Å². The largest absolute Gasteiger partial charge is 0.355 e. The van der Waals surface area contributed by atoms with Gasteiger partial charge in [-0.1, -0.05) is 32.1 Å². The van der Waals surface area contributed by atoms with E-state index in [0.29, 0.717) is 0 Å². The lowest BCUT2D eigenvalue weighted by Gasteiger charge is -2.13. The van der Waals surface area contributed by atoms with Crippen LogP contribution in [0.4, 0.5) is 5.13 Å². The van der Waals surface area contributed by atoms with Crippen molar-refractivity contribution >= 4 is 27.8 Å². The molecule has 2 aromatic rings. The Morgan fingerprint density at radius 3 is 2.53 bits per heavy atom. The van der Waals surface area contributed by atoms with Crippen molar-refractivity contribution in [2.75, 3.05) is 5.32 Å². The standard InChI is InChI=1S/C11H16N4S2/c1-7-14-15-10(16-7)13-6-8-5-12-9(17-8)11(2,3)4/h5H,6H2,1-4H3,(H,13,15). The van der Waals surface area contributed by atoms with Crippen molar-refractivity contribution < 1.29 is 0 Å². The van der Waals surface area contributed by atoms with Crippen LogP contribution in [0.2, 0.25) is 0 Å². The maximum Gasteiger partial charge on any atom is 0.205 e. The molecule has 2 rings (SSSR count). The predicted octanol–water partition coefficient (Wildman–Crippen LogP) is 3.21. The van der Waals surface area contributed by atoms with Crippen molar-refractivity contribution in [1.82, 2.24) is 15.2 Å². The van der Waals surface area contributed by atoms with Crippen LogP contribution in [0.25, 0.3) is 0 Å². The molecule has 0 unspecified atom stereocenters. The third kappa shape index (κ3) is 3.23. The molecule has 0 aliphatic heterocycles. The van der Waals surface area contributed by atoms with E-state index in [4.69, 9.17) is 0 Å². The third-order valence-corrected chi connectivity index (χ3v) is 4.35. The van der Waals surface area contributed by atoms with Gasteiger partial charge in [0.2, 0.25) is 5.13 Å². The van der Waals surface area contributed by atoms with Gasteiger partial charge < -0.3 is 5.32 Å². The first-order valence-corrected chi connectivity index (χ1v) is 7.07. The molecule has 0 saturated carbocycles. The van der Waals surface area contributed by atoms with Gasteiger partial charge >= 0.3 is 0 Å². The zero-order chi connectivity index (χ0) is 12.5. The van der Waals surface area contributed by atoms with E-state index in [-0.39, 0.29) is 5.41 Å². The molecule has 2 aromatic heterocycles. The van der Waals surface area contributed by atoms with Gasteiger partial charge in [0.15, 0.2) is 0 Å². The molecule has 0 atom stereocenters. The van der Waals surface area contributed by atoms with E-state index < -0.39 is 0 Å². The summed E-state index contributed by atoms with van der Waals surface area (Å²) in [5, 5.41) is 14.3. The minimum absolute atomic E-state index is 0.127. The fourth-order valence-electron chi connectivity index (χ4n) is 1.27. The van der Waals surface area contributed by atoms with Gasteiger partial charge in [0.25, 0.3) is 0 Å². The second kappa shape index (κ2) is 4.70. The summed E-state index contributed by atoms with van der Waals surface area (Å²) in [5.74, 6) is 0. The molecule has 0 aliphatic rings. The number of hydrogen-bond donors (Lipinski definition) is 1. The average Bonchev–Trinajstić information content (AvgIpc) is 2.82. The van der Waals surface area contributed by atoms with Crippen molar-refractivity contribution in [1.29, 1.82) is 0 Å². The Hall–Kier alpha value is -1.01. The van der Waals surface area contributed by atoms with Crippen LogP contribution < -0.4 is 5.32 Å². The van der Waals surface area contributed by atoms with Gasteiger partial charge in [0.05, 0.1) is 11.6 Å². The van der Waals surface area contributed by atoms with Crippen LogP contribution in [0.3, 0.4) is 0 Å². The number of thiazole rings is 1. The summed E-state index contributed by atoms with van der Waals surface area (Å²) in [6.45, 7) is 9.25. The Kier molecular flexibility index (Phi) is 3.44. The summed E-state index contributed by atoms with van der Waals surface area (Å²) < 4.78 is 0. The molecule has 4 nitrogen and oxygen atoms in total. The Morgan fingerprint density at radius 2 is 2.00 bits per heavy atom. The molecule has 0 spiro atoms. The number of nitrogens with one attached hydrogen (secondary N) is 1. The molecule has 0 fully saturated rings. The molecule has 17 heavy (non-hydrogen) atoms. The summed E-state index contributed by atoms with van der Waals surface area (Å²) in [4.78, 5) is 5.68. The molecule has 0 bridgehead atoms. The predicted molar refractivity (Wildman–Crippen MR) is 72.8 cm³/mol. The van der Waals surface area contributed by atoms with E-state index in [0.717, 1.165) is 16.7 Å². The monoisotopic (exact) mass is 268 g/mol. The SMILES string of the molecule is Cc1nnc(NCc2cnc(C(C)(C)C)s2)s1. The van der Waals surface area contributed by atoms with Crippen LogP contribution in [0, 0.1) is 6.92 Å². The average molecular weight is 268 g/mol. The van der Waals surface area contributed by atoms with Crippen molar-refractivity contribution in [2.45, 2.75) is 39.7 Å². The first-order chi connectivity index (χ1) is 7.95. The minimum atomic E-state index is 0.127. The van der Waals surface area contributed by atoms with Crippen molar-refractivity contribution in [2.24, 2.45) is 0 Å². The van der Waals surface area contributed by atoms with Gasteiger partial charge in [-0.25, -0.2) is 4.98 Å². The van der Waals surface area contributed by atoms with Crippen molar-refractivity contribution in [3.05, 3.63) is 21.1 Å². The van der Waals surface area contributed by atoms with E-state index in [9.17, 15) is 0 Å². The van der Waals surface area contributed by atoms with Gasteiger partial charge in [0, 0.05) is 16.5 Å². The van der Waals surface area contributed by atoms with Crippen LogP contribution in [-0.4, -0.2) is 15.2 Å². The fraction of sp³-hybridized carbons (Fsp3) is 0.545. The highest BCUT2D eigenvalue weighted by Gasteiger charge is 2.17. The number of nitrogens with zero attached hydrogens (tertiary/aromatic N) is 3. The molecule has 0 saturated heterocycles. The smallest absolute Gasteiger partial charge is 0.205 e.